The Kier molecular flexibility index (Phi) is 3.94. The van der Waals surface area contributed by atoms with Crippen molar-refractivity contribution in [2.75, 3.05) is 11.4 Å². The molecule has 1 heterocycles. The Labute approximate surface area is 103 Å². The molecule has 0 saturated heterocycles. The summed E-state index contributed by atoms with van der Waals surface area (Å²) in [5.74, 6) is 1.02. The molecule has 0 bridgehead atoms. The zero-order valence-electron chi connectivity index (χ0n) is 11.0. The summed E-state index contributed by atoms with van der Waals surface area (Å²) in [6.07, 6.45) is 6.38. The quantitative estimate of drug-likeness (QED) is 0.817. The first kappa shape index (κ1) is 12.3. The Bertz CT molecular complexity index is 343. The SMILES string of the molecule is CCN(c1cnc(CNC(C)C)cn1)C1CC1. The second-order valence-corrected chi connectivity index (χ2v) is 4.92. The van der Waals surface area contributed by atoms with Gasteiger partial charge in [0, 0.05) is 25.2 Å². The first-order valence-corrected chi connectivity index (χ1v) is 6.51. The fraction of sp³-hybridized carbons (Fsp3) is 0.692. The van der Waals surface area contributed by atoms with Crippen LogP contribution < -0.4 is 10.2 Å². The molecule has 0 aromatic carbocycles. The second-order valence-electron chi connectivity index (χ2n) is 4.92. The second kappa shape index (κ2) is 5.45. The Morgan fingerprint density at radius 2 is 2.12 bits per heavy atom. The fourth-order valence-corrected chi connectivity index (χ4v) is 1.89. The zero-order valence-corrected chi connectivity index (χ0v) is 11.0. The van der Waals surface area contributed by atoms with Crippen LogP contribution in [0.1, 0.15) is 39.3 Å². The van der Waals surface area contributed by atoms with Crippen LogP contribution in [0.2, 0.25) is 0 Å². The Balaban J connectivity index is 1.96. The third-order valence-electron chi connectivity index (χ3n) is 3.01. The third-order valence-corrected chi connectivity index (χ3v) is 3.01. The van der Waals surface area contributed by atoms with E-state index < -0.39 is 0 Å². The van der Waals surface area contributed by atoms with Gasteiger partial charge in [-0.25, -0.2) is 4.98 Å². The van der Waals surface area contributed by atoms with E-state index in [1.165, 1.54) is 12.8 Å². The molecule has 1 saturated carbocycles. The number of nitrogens with one attached hydrogen (secondary N) is 1. The Morgan fingerprint density at radius 3 is 2.59 bits per heavy atom. The smallest absolute Gasteiger partial charge is 0.147 e. The predicted octanol–water partition coefficient (Wildman–Crippen LogP) is 1.96. The molecule has 1 aromatic rings. The lowest BCUT2D eigenvalue weighted by Crippen LogP contribution is -2.26. The zero-order chi connectivity index (χ0) is 12.3. The van der Waals surface area contributed by atoms with Gasteiger partial charge in [-0.3, -0.25) is 4.98 Å². The van der Waals surface area contributed by atoms with Crippen molar-refractivity contribution in [1.82, 2.24) is 15.3 Å². The molecule has 0 aliphatic heterocycles. The van der Waals surface area contributed by atoms with Crippen LogP contribution >= 0.6 is 0 Å². The van der Waals surface area contributed by atoms with E-state index in [0.29, 0.717) is 12.1 Å². The molecule has 94 valence electrons. The molecule has 0 amide bonds. The van der Waals surface area contributed by atoms with Gasteiger partial charge in [-0.15, -0.1) is 0 Å². The minimum absolute atomic E-state index is 0.482. The number of nitrogens with zero attached hydrogens (tertiary/aromatic N) is 3. The van der Waals surface area contributed by atoms with E-state index in [4.69, 9.17) is 0 Å². The van der Waals surface area contributed by atoms with Crippen molar-refractivity contribution in [3.05, 3.63) is 18.1 Å². The summed E-state index contributed by atoms with van der Waals surface area (Å²) in [6, 6.07) is 1.18. The van der Waals surface area contributed by atoms with Crippen molar-refractivity contribution in [2.45, 2.75) is 52.2 Å². The van der Waals surface area contributed by atoms with Gasteiger partial charge in [-0.2, -0.15) is 0 Å². The summed E-state index contributed by atoms with van der Waals surface area (Å²) in [6.45, 7) is 8.25. The van der Waals surface area contributed by atoms with Crippen LogP contribution in [0.25, 0.3) is 0 Å². The number of hydrogen-bond acceptors (Lipinski definition) is 4. The lowest BCUT2D eigenvalue weighted by Gasteiger charge is -2.21. The maximum absolute atomic E-state index is 4.51. The van der Waals surface area contributed by atoms with Crippen LogP contribution in [0.3, 0.4) is 0 Å². The summed E-state index contributed by atoms with van der Waals surface area (Å²) in [5.41, 5.74) is 1.01. The average Bonchev–Trinajstić information content (AvgIpc) is 3.13. The fourth-order valence-electron chi connectivity index (χ4n) is 1.89. The van der Waals surface area contributed by atoms with Gasteiger partial charge in [0.05, 0.1) is 18.1 Å². The molecule has 0 atom stereocenters. The van der Waals surface area contributed by atoms with Crippen molar-refractivity contribution < 1.29 is 0 Å². The van der Waals surface area contributed by atoms with Crippen molar-refractivity contribution in [2.24, 2.45) is 0 Å². The summed E-state index contributed by atoms with van der Waals surface area (Å²) in [7, 11) is 0. The minimum atomic E-state index is 0.482. The molecule has 17 heavy (non-hydrogen) atoms. The molecule has 4 nitrogen and oxygen atoms in total. The van der Waals surface area contributed by atoms with Gasteiger partial charge in [0.25, 0.3) is 0 Å². The summed E-state index contributed by atoms with van der Waals surface area (Å²) in [4.78, 5) is 11.3. The lowest BCUT2D eigenvalue weighted by molar-refractivity contribution is 0.580. The van der Waals surface area contributed by atoms with Crippen LogP contribution in [0.4, 0.5) is 5.82 Å². The van der Waals surface area contributed by atoms with E-state index in [0.717, 1.165) is 24.6 Å². The first-order valence-electron chi connectivity index (χ1n) is 6.51. The van der Waals surface area contributed by atoms with Crippen LogP contribution in [0, 0.1) is 0 Å². The monoisotopic (exact) mass is 234 g/mol. The minimum Gasteiger partial charge on any atom is -0.353 e. The van der Waals surface area contributed by atoms with Crippen LogP contribution in [-0.2, 0) is 6.54 Å². The average molecular weight is 234 g/mol. The Morgan fingerprint density at radius 1 is 1.35 bits per heavy atom. The normalized spacial score (nSPS) is 15.3. The standard InChI is InChI=1S/C13H22N4/c1-4-17(12-5-6-12)13-9-15-11(8-16-13)7-14-10(2)3/h8-10,12,14H,4-7H2,1-3H3. The van der Waals surface area contributed by atoms with Gasteiger partial charge in [-0.05, 0) is 19.8 Å². The van der Waals surface area contributed by atoms with Crippen LogP contribution in [0.5, 0.6) is 0 Å². The molecule has 0 spiro atoms. The number of anilines is 1. The molecule has 1 aromatic heterocycles. The van der Waals surface area contributed by atoms with Gasteiger partial charge < -0.3 is 10.2 Å². The number of hydrogen-bond donors (Lipinski definition) is 1. The van der Waals surface area contributed by atoms with Crippen molar-refractivity contribution in [3.8, 4) is 0 Å². The molecule has 1 N–H and O–H groups in total. The summed E-state index contributed by atoms with van der Waals surface area (Å²) < 4.78 is 0. The highest BCUT2D eigenvalue weighted by atomic mass is 15.2. The molecular formula is C13H22N4. The van der Waals surface area contributed by atoms with Gasteiger partial charge in [0.1, 0.15) is 5.82 Å². The van der Waals surface area contributed by atoms with Gasteiger partial charge >= 0.3 is 0 Å². The van der Waals surface area contributed by atoms with Gasteiger partial charge in [0.2, 0.25) is 0 Å². The summed E-state index contributed by atoms with van der Waals surface area (Å²) in [5, 5.41) is 3.34. The van der Waals surface area contributed by atoms with E-state index in [1.54, 1.807) is 0 Å². The lowest BCUT2D eigenvalue weighted by atomic mass is 10.3. The predicted molar refractivity (Wildman–Crippen MR) is 70.0 cm³/mol. The highest BCUT2D eigenvalue weighted by molar-refractivity contribution is 5.39. The van der Waals surface area contributed by atoms with Crippen molar-refractivity contribution >= 4 is 5.82 Å². The third kappa shape index (κ3) is 3.40. The highest BCUT2D eigenvalue weighted by Crippen LogP contribution is 2.29. The van der Waals surface area contributed by atoms with Crippen LogP contribution in [0.15, 0.2) is 12.4 Å². The molecule has 4 heteroatoms. The molecule has 2 rings (SSSR count). The first-order chi connectivity index (χ1) is 8.20. The maximum atomic E-state index is 4.51. The molecule has 0 unspecified atom stereocenters. The van der Waals surface area contributed by atoms with Gasteiger partial charge in [0.15, 0.2) is 0 Å². The van der Waals surface area contributed by atoms with Gasteiger partial charge in [-0.1, -0.05) is 13.8 Å². The topological polar surface area (TPSA) is 41.1 Å². The number of rotatable bonds is 6. The number of aromatic nitrogens is 2. The van der Waals surface area contributed by atoms with Crippen LogP contribution in [-0.4, -0.2) is 28.6 Å². The van der Waals surface area contributed by atoms with E-state index in [-0.39, 0.29) is 0 Å². The molecule has 0 radical (unpaired) electrons. The largest absolute Gasteiger partial charge is 0.353 e. The molecule has 1 aliphatic rings. The summed E-state index contributed by atoms with van der Waals surface area (Å²) >= 11 is 0. The van der Waals surface area contributed by atoms with Crippen molar-refractivity contribution in [3.63, 3.8) is 0 Å². The molecule has 1 fully saturated rings. The van der Waals surface area contributed by atoms with E-state index in [2.05, 4.69) is 41.0 Å². The maximum Gasteiger partial charge on any atom is 0.147 e. The van der Waals surface area contributed by atoms with Crippen molar-refractivity contribution in [1.29, 1.82) is 0 Å². The van der Waals surface area contributed by atoms with E-state index in [1.807, 2.05) is 12.4 Å². The van der Waals surface area contributed by atoms with E-state index >= 15 is 0 Å². The molecular weight excluding hydrogens is 212 g/mol. The van der Waals surface area contributed by atoms with E-state index in [9.17, 15) is 0 Å². The molecule has 1 aliphatic carbocycles. The Hall–Kier alpha value is -1.16. The highest BCUT2D eigenvalue weighted by Gasteiger charge is 2.28.